The summed E-state index contributed by atoms with van der Waals surface area (Å²) < 4.78 is 28.8. The molecule has 0 aliphatic carbocycles. The van der Waals surface area contributed by atoms with Crippen molar-refractivity contribution in [2.45, 2.75) is 55.8 Å². The maximum Gasteiger partial charge on any atom is 0.244 e. The van der Waals surface area contributed by atoms with Crippen LogP contribution < -0.4 is 5.32 Å². The topological polar surface area (TPSA) is 96.7 Å². The first-order valence-corrected chi connectivity index (χ1v) is 12.9. The van der Waals surface area contributed by atoms with Gasteiger partial charge in [0.05, 0.1) is 10.1 Å². The van der Waals surface area contributed by atoms with Crippen LogP contribution in [-0.2, 0) is 14.8 Å². The van der Waals surface area contributed by atoms with Gasteiger partial charge in [0.25, 0.3) is 0 Å². The molecule has 1 aromatic carbocycles. The monoisotopic (exact) mass is 475 g/mol. The van der Waals surface area contributed by atoms with E-state index in [2.05, 4.69) is 29.4 Å². The van der Waals surface area contributed by atoms with Crippen molar-refractivity contribution in [3.8, 4) is 0 Å². The maximum absolute atomic E-state index is 12.9. The van der Waals surface area contributed by atoms with Gasteiger partial charge in [0.15, 0.2) is 10.8 Å². The number of anilines is 1. The molecular formula is C22H29N5O3S2. The van der Waals surface area contributed by atoms with Crippen LogP contribution in [0.3, 0.4) is 0 Å². The van der Waals surface area contributed by atoms with E-state index in [0.29, 0.717) is 23.9 Å². The highest BCUT2D eigenvalue weighted by atomic mass is 32.2. The Morgan fingerprint density at radius 2 is 1.78 bits per heavy atom. The number of hydrogen-bond donors (Lipinski definition) is 1. The zero-order valence-electron chi connectivity index (χ0n) is 18.9. The zero-order chi connectivity index (χ0) is 23.5. The van der Waals surface area contributed by atoms with Gasteiger partial charge in [0.2, 0.25) is 15.9 Å². The van der Waals surface area contributed by atoms with E-state index in [4.69, 9.17) is 0 Å². The smallest absolute Gasteiger partial charge is 0.244 e. The molecule has 3 rings (SSSR count). The average Bonchev–Trinajstić information content (AvgIpc) is 3.16. The third-order valence-electron chi connectivity index (χ3n) is 5.18. The van der Waals surface area contributed by atoms with Crippen LogP contribution in [-0.4, -0.2) is 51.6 Å². The summed E-state index contributed by atoms with van der Waals surface area (Å²) >= 11 is 1.23. The highest BCUT2D eigenvalue weighted by molar-refractivity contribution is 8.00. The molecule has 0 fully saturated rings. The van der Waals surface area contributed by atoms with Crippen molar-refractivity contribution in [3.63, 3.8) is 0 Å². The predicted molar refractivity (Wildman–Crippen MR) is 128 cm³/mol. The highest BCUT2D eigenvalue weighted by Gasteiger charge is 2.24. The number of pyridine rings is 1. The van der Waals surface area contributed by atoms with E-state index >= 15 is 0 Å². The first kappa shape index (κ1) is 24.2. The highest BCUT2D eigenvalue weighted by Crippen LogP contribution is 2.27. The second-order valence-electron chi connectivity index (χ2n) is 7.66. The molecular weight excluding hydrogens is 446 g/mol. The first-order chi connectivity index (χ1) is 15.2. The number of para-hydroxylation sites is 1. The van der Waals surface area contributed by atoms with Gasteiger partial charge in [-0.25, -0.2) is 8.42 Å². The normalized spacial score (nSPS) is 13.1. The Labute approximate surface area is 193 Å². The number of amides is 1. The van der Waals surface area contributed by atoms with Gasteiger partial charge in [0.1, 0.15) is 0 Å². The van der Waals surface area contributed by atoms with E-state index in [9.17, 15) is 13.2 Å². The lowest BCUT2D eigenvalue weighted by molar-refractivity contribution is -0.115. The molecule has 3 aromatic rings. The second kappa shape index (κ2) is 10.0. The Bertz CT molecular complexity index is 1200. The maximum atomic E-state index is 12.9. The number of thioether (sulfide) groups is 1. The van der Waals surface area contributed by atoms with Gasteiger partial charge in [-0.05, 0) is 36.6 Å². The number of sulfonamides is 1. The number of nitrogens with zero attached hydrogens (tertiary/aromatic N) is 4. The number of carbonyl (C=O) groups excluding carboxylic acids is 1. The van der Waals surface area contributed by atoms with Crippen molar-refractivity contribution in [2.24, 2.45) is 0 Å². The molecule has 0 aliphatic rings. The van der Waals surface area contributed by atoms with Crippen molar-refractivity contribution in [3.05, 3.63) is 48.2 Å². The van der Waals surface area contributed by atoms with Crippen molar-refractivity contribution in [1.29, 1.82) is 0 Å². The minimum Gasteiger partial charge on any atom is -0.325 e. The van der Waals surface area contributed by atoms with Crippen LogP contribution in [0.1, 0.15) is 46.1 Å². The SMILES string of the molecule is CCN(CC)S(=O)(=O)c1ccc2nnc(SC(C)C(=O)Nc3ccccc3C(C)C)n2c1. The van der Waals surface area contributed by atoms with E-state index in [1.54, 1.807) is 31.2 Å². The van der Waals surface area contributed by atoms with Gasteiger partial charge in [-0.1, -0.05) is 57.7 Å². The quantitative estimate of drug-likeness (QED) is 0.470. The van der Waals surface area contributed by atoms with Crippen molar-refractivity contribution < 1.29 is 13.2 Å². The number of nitrogens with one attached hydrogen (secondary N) is 1. The lowest BCUT2D eigenvalue weighted by Gasteiger charge is -2.18. The van der Waals surface area contributed by atoms with Crippen molar-refractivity contribution in [2.75, 3.05) is 18.4 Å². The van der Waals surface area contributed by atoms with Gasteiger partial charge in [-0.2, -0.15) is 4.31 Å². The van der Waals surface area contributed by atoms with E-state index in [1.165, 1.54) is 28.3 Å². The van der Waals surface area contributed by atoms with Crippen LogP contribution in [0.4, 0.5) is 5.69 Å². The molecule has 0 bridgehead atoms. The van der Waals surface area contributed by atoms with Crippen LogP contribution in [0.2, 0.25) is 0 Å². The van der Waals surface area contributed by atoms with Gasteiger partial charge >= 0.3 is 0 Å². The Morgan fingerprint density at radius 3 is 2.44 bits per heavy atom. The van der Waals surface area contributed by atoms with Crippen LogP contribution in [0.25, 0.3) is 5.65 Å². The van der Waals surface area contributed by atoms with Crippen LogP contribution in [0.15, 0.2) is 52.6 Å². The third kappa shape index (κ3) is 4.97. The molecule has 0 radical (unpaired) electrons. The zero-order valence-corrected chi connectivity index (χ0v) is 20.6. The summed E-state index contributed by atoms with van der Waals surface area (Å²) in [6, 6.07) is 10.9. The van der Waals surface area contributed by atoms with Crippen LogP contribution >= 0.6 is 11.8 Å². The molecule has 1 amide bonds. The summed E-state index contributed by atoms with van der Waals surface area (Å²) in [5.74, 6) is 0.118. The number of carbonyl (C=O) groups is 1. The Morgan fingerprint density at radius 1 is 1.09 bits per heavy atom. The van der Waals surface area contributed by atoms with Crippen molar-refractivity contribution in [1.82, 2.24) is 18.9 Å². The molecule has 10 heteroatoms. The number of hydrogen-bond acceptors (Lipinski definition) is 6. The number of aromatic nitrogens is 3. The van der Waals surface area contributed by atoms with E-state index in [1.807, 2.05) is 24.3 Å². The molecule has 2 heterocycles. The molecule has 1 atom stereocenters. The fourth-order valence-electron chi connectivity index (χ4n) is 3.36. The summed E-state index contributed by atoms with van der Waals surface area (Å²) in [5, 5.41) is 11.3. The standard InChI is InChI=1S/C22H29N5O3S2/c1-6-26(7-2)32(29,30)17-12-13-20-24-25-22(27(20)14-17)31-16(5)21(28)23-19-11-9-8-10-18(19)15(3)4/h8-16H,6-7H2,1-5H3,(H,23,28). The first-order valence-electron chi connectivity index (χ1n) is 10.6. The summed E-state index contributed by atoms with van der Waals surface area (Å²) in [6.07, 6.45) is 1.52. The largest absolute Gasteiger partial charge is 0.325 e. The summed E-state index contributed by atoms with van der Waals surface area (Å²) in [5.41, 5.74) is 2.37. The Hall–Kier alpha value is -2.43. The van der Waals surface area contributed by atoms with E-state index in [-0.39, 0.29) is 16.7 Å². The average molecular weight is 476 g/mol. The molecule has 8 nitrogen and oxygen atoms in total. The third-order valence-corrected chi connectivity index (χ3v) is 8.27. The minimum atomic E-state index is -3.62. The fourth-order valence-corrected chi connectivity index (χ4v) is 5.64. The second-order valence-corrected chi connectivity index (χ2v) is 10.9. The molecule has 0 aliphatic heterocycles. The fraction of sp³-hybridized carbons (Fsp3) is 0.409. The number of fused-ring (bicyclic) bond motifs is 1. The predicted octanol–water partition coefficient (Wildman–Crippen LogP) is 4.00. The molecule has 1 unspecified atom stereocenters. The summed E-state index contributed by atoms with van der Waals surface area (Å²) in [6.45, 7) is 10.3. The molecule has 0 spiro atoms. The molecule has 172 valence electrons. The molecule has 2 aromatic heterocycles. The van der Waals surface area contributed by atoms with Gasteiger partial charge in [-0.15, -0.1) is 10.2 Å². The number of rotatable bonds is 9. The Kier molecular flexibility index (Phi) is 7.58. The van der Waals surface area contributed by atoms with Gasteiger partial charge in [0, 0.05) is 25.0 Å². The molecule has 1 N–H and O–H groups in total. The van der Waals surface area contributed by atoms with Gasteiger partial charge in [-0.3, -0.25) is 9.20 Å². The van der Waals surface area contributed by atoms with Gasteiger partial charge < -0.3 is 5.32 Å². The van der Waals surface area contributed by atoms with Crippen LogP contribution in [0.5, 0.6) is 0 Å². The molecule has 0 saturated carbocycles. The Balaban J connectivity index is 1.84. The van der Waals surface area contributed by atoms with Crippen molar-refractivity contribution >= 4 is 39.0 Å². The van der Waals surface area contributed by atoms with Crippen LogP contribution in [0, 0.1) is 0 Å². The molecule has 32 heavy (non-hydrogen) atoms. The summed E-state index contributed by atoms with van der Waals surface area (Å²) in [7, 11) is -3.62. The lowest BCUT2D eigenvalue weighted by atomic mass is 10.0. The lowest BCUT2D eigenvalue weighted by Crippen LogP contribution is -2.30. The van der Waals surface area contributed by atoms with E-state index in [0.717, 1.165) is 11.3 Å². The summed E-state index contributed by atoms with van der Waals surface area (Å²) in [4.78, 5) is 13.0. The molecule has 0 saturated heterocycles. The number of benzene rings is 1. The minimum absolute atomic E-state index is 0.160. The van der Waals surface area contributed by atoms with E-state index < -0.39 is 15.3 Å².